The van der Waals surface area contributed by atoms with Gasteiger partial charge in [0.15, 0.2) is 0 Å². The van der Waals surface area contributed by atoms with Crippen LogP contribution in [0.25, 0.3) is 10.8 Å². The van der Waals surface area contributed by atoms with Gasteiger partial charge in [0, 0.05) is 24.5 Å². The van der Waals surface area contributed by atoms with Gasteiger partial charge in [-0.25, -0.2) is 17.9 Å². The molecule has 182 valence electrons. The first-order valence-electron chi connectivity index (χ1n) is 10.7. The van der Waals surface area contributed by atoms with Gasteiger partial charge in [0.05, 0.1) is 11.0 Å². The van der Waals surface area contributed by atoms with Gasteiger partial charge in [0.2, 0.25) is 10.0 Å². The van der Waals surface area contributed by atoms with Crippen LogP contribution in [0.4, 0.5) is 13.2 Å². The van der Waals surface area contributed by atoms with Crippen LogP contribution in [0.5, 0.6) is 0 Å². The third-order valence-corrected chi connectivity index (χ3v) is 7.30. The van der Waals surface area contributed by atoms with E-state index < -0.39 is 28.3 Å². The summed E-state index contributed by atoms with van der Waals surface area (Å²) in [7, 11) is -3.66. The summed E-state index contributed by atoms with van der Waals surface area (Å²) in [4.78, 5) is 11.5. The van der Waals surface area contributed by atoms with Crippen molar-refractivity contribution >= 4 is 26.8 Å². The van der Waals surface area contributed by atoms with Crippen LogP contribution >= 0.6 is 0 Å². The van der Waals surface area contributed by atoms with Crippen molar-refractivity contribution in [3.8, 4) is 0 Å². The molecule has 1 unspecified atom stereocenters. The number of aliphatic hydroxyl groups is 1. The number of carboxylic acid groups (broad SMARTS) is 1. The van der Waals surface area contributed by atoms with E-state index in [9.17, 15) is 26.7 Å². The topological polar surface area (TPSA) is 107 Å². The molecule has 1 saturated carbocycles. The van der Waals surface area contributed by atoms with Crippen LogP contribution in [0.15, 0.2) is 47.4 Å². The van der Waals surface area contributed by atoms with Gasteiger partial charge in [-0.05, 0) is 49.6 Å². The van der Waals surface area contributed by atoms with Crippen LogP contribution in [0.1, 0.15) is 25.7 Å². The first kappa shape index (κ1) is 25.4. The van der Waals surface area contributed by atoms with E-state index in [1.165, 1.54) is 25.7 Å². The van der Waals surface area contributed by atoms with Crippen LogP contribution in [0, 0.1) is 5.92 Å². The number of sulfonamides is 1. The van der Waals surface area contributed by atoms with E-state index in [1.54, 1.807) is 12.1 Å². The maximum atomic E-state index is 12.7. The minimum atomic E-state index is -5.08. The normalized spacial score (nSPS) is 20.3. The number of carbonyl (C=O) groups is 1. The van der Waals surface area contributed by atoms with Gasteiger partial charge in [-0.2, -0.15) is 13.2 Å². The number of halogens is 3. The molecular formula is C22H27F3N2O5S. The highest BCUT2D eigenvalue weighted by Gasteiger charge is 2.39. The van der Waals surface area contributed by atoms with E-state index in [0.717, 1.165) is 17.8 Å². The average molecular weight is 489 g/mol. The fourth-order valence-corrected chi connectivity index (χ4v) is 5.44. The van der Waals surface area contributed by atoms with Gasteiger partial charge in [0.25, 0.3) is 0 Å². The number of β-amino-alcohol motifs (C(OH)–C–C–N with tert-alkyl or cyclic N) is 1. The molecule has 3 N–H and O–H groups in total. The van der Waals surface area contributed by atoms with Crippen molar-refractivity contribution in [1.29, 1.82) is 0 Å². The Kier molecular flexibility index (Phi) is 7.99. The SMILES string of the molecule is O=C(O)C(F)(F)F.O=S(=O)(NC[C@H](O)CN1CCCC1C1CC1)c1cccc2ccccc12. The number of aliphatic carboxylic acids is 1. The quantitative estimate of drug-likeness (QED) is 0.553. The van der Waals surface area contributed by atoms with Crippen molar-refractivity contribution in [3.63, 3.8) is 0 Å². The van der Waals surface area contributed by atoms with Gasteiger partial charge >= 0.3 is 12.1 Å². The number of rotatable bonds is 7. The summed E-state index contributed by atoms with van der Waals surface area (Å²) in [5.74, 6) is -1.97. The van der Waals surface area contributed by atoms with Crippen molar-refractivity contribution in [3.05, 3.63) is 42.5 Å². The molecule has 33 heavy (non-hydrogen) atoms. The number of hydrogen-bond acceptors (Lipinski definition) is 5. The van der Waals surface area contributed by atoms with Crippen molar-refractivity contribution in [2.75, 3.05) is 19.6 Å². The van der Waals surface area contributed by atoms with E-state index >= 15 is 0 Å². The summed E-state index contributed by atoms with van der Waals surface area (Å²) < 4.78 is 59.8. The maximum absolute atomic E-state index is 12.7. The third-order valence-electron chi connectivity index (χ3n) is 5.82. The largest absolute Gasteiger partial charge is 0.490 e. The minimum absolute atomic E-state index is 0.0411. The lowest BCUT2D eigenvalue weighted by atomic mass is 10.1. The Hall–Kier alpha value is -2.21. The Morgan fingerprint density at radius 3 is 2.39 bits per heavy atom. The number of hydrogen-bond donors (Lipinski definition) is 3. The van der Waals surface area contributed by atoms with Crippen LogP contribution < -0.4 is 4.72 Å². The number of alkyl halides is 3. The molecule has 4 rings (SSSR count). The molecule has 0 aromatic heterocycles. The van der Waals surface area contributed by atoms with Crippen molar-refractivity contribution in [2.45, 2.75) is 48.9 Å². The number of likely N-dealkylation sites (tertiary alicyclic amines) is 1. The Morgan fingerprint density at radius 1 is 1.12 bits per heavy atom. The predicted octanol–water partition coefficient (Wildman–Crippen LogP) is 2.99. The monoisotopic (exact) mass is 488 g/mol. The van der Waals surface area contributed by atoms with Crippen LogP contribution in [0.3, 0.4) is 0 Å². The fourth-order valence-electron chi connectivity index (χ4n) is 4.14. The highest BCUT2D eigenvalue weighted by molar-refractivity contribution is 7.89. The van der Waals surface area contributed by atoms with Gasteiger partial charge in [-0.1, -0.05) is 36.4 Å². The average Bonchev–Trinajstić information content (AvgIpc) is 3.50. The molecule has 11 heteroatoms. The molecule has 2 fully saturated rings. The summed E-state index contributed by atoms with van der Waals surface area (Å²) in [6.45, 7) is 1.59. The Balaban J connectivity index is 0.000000383. The van der Waals surface area contributed by atoms with Gasteiger partial charge in [-0.15, -0.1) is 0 Å². The zero-order chi connectivity index (χ0) is 24.2. The van der Waals surface area contributed by atoms with E-state index in [1.807, 2.05) is 30.3 Å². The van der Waals surface area contributed by atoms with Crippen LogP contribution in [0.2, 0.25) is 0 Å². The highest BCUT2D eigenvalue weighted by Crippen LogP contribution is 2.40. The summed E-state index contributed by atoms with van der Waals surface area (Å²) >= 11 is 0. The third kappa shape index (κ3) is 6.89. The minimum Gasteiger partial charge on any atom is -0.475 e. The molecule has 2 atom stereocenters. The molecule has 1 heterocycles. The zero-order valence-corrected chi connectivity index (χ0v) is 18.6. The number of carboxylic acids is 1. The Bertz CT molecular complexity index is 1070. The lowest BCUT2D eigenvalue weighted by molar-refractivity contribution is -0.192. The first-order valence-corrected chi connectivity index (χ1v) is 12.2. The van der Waals surface area contributed by atoms with Crippen molar-refractivity contribution in [2.24, 2.45) is 5.92 Å². The zero-order valence-electron chi connectivity index (χ0n) is 17.8. The number of fused-ring (bicyclic) bond motifs is 1. The molecule has 2 aromatic rings. The smallest absolute Gasteiger partial charge is 0.475 e. The molecule has 1 aliphatic carbocycles. The lowest BCUT2D eigenvalue weighted by Gasteiger charge is -2.26. The van der Waals surface area contributed by atoms with Gasteiger partial charge in [-0.3, -0.25) is 4.90 Å². The molecule has 0 bridgehead atoms. The fraction of sp³-hybridized carbons (Fsp3) is 0.500. The van der Waals surface area contributed by atoms with Crippen LogP contribution in [-0.2, 0) is 14.8 Å². The van der Waals surface area contributed by atoms with E-state index in [4.69, 9.17) is 9.90 Å². The number of aliphatic hydroxyl groups excluding tert-OH is 1. The summed E-state index contributed by atoms with van der Waals surface area (Å²) in [6.07, 6.45) is -0.802. The maximum Gasteiger partial charge on any atom is 0.490 e. The second-order valence-electron chi connectivity index (χ2n) is 8.33. The summed E-state index contributed by atoms with van der Waals surface area (Å²) in [6, 6.07) is 13.3. The molecule has 1 aliphatic heterocycles. The highest BCUT2D eigenvalue weighted by atomic mass is 32.2. The molecule has 2 aromatic carbocycles. The Morgan fingerprint density at radius 2 is 1.76 bits per heavy atom. The predicted molar refractivity (Wildman–Crippen MR) is 116 cm³/mol. The van der Waals surface area contributed by atoms with Crippen molar-refractivity contribution < 1.29 is 36.6 Å². The summed E-state index contributed by atoms with van der Waals surface area (Å²) in [5.41, 5.74) is 0. The summed E-state index contributed by atoms with van der Waals surface area (Å²) in [5, 5.41) is 19.1. The van der Waals surface area contributed by atoms with Crippen molar-refractivity contribution in [1.82, 2.24) is 9.62 Å². The van der Waals surface area contributed by atoms with Crippen LogP contribution in [-0.4, -0.2) is 67.5 Å². The van der Waals surface area contributed by atoms with E-state index in [-0.39, 0.29) is 11.4 Å². The van der Waals surface area contributed by atoms with E-state index in [0.29, 0.717) is 18.0 Å². The molecule has 0 spiro atoms. The van der Waals surface area contributed by atoms with E-state index in [2.05, 4.69) is 9.62 Å². The first-order chi connectivity index (χ1) is 15.5. The second kappa shape index (κ2) is 10.4. The second-order valence-corrected chi connectivity index (χ2v) is 10.1. The van der Waals surface area contributed by atoms with Gasteiger partial charge in [0.1, 0.15) is 0 Å². The number of nitrogens with one attached hydrogen (secondary N) is 1. The van der Waals surface area contributed by atoms with Gasteiger partial charge < -0.3 is 10.2 Å². The molecule has 2 aliphatic rings. The molecule has 7 nitrogen and oxygen atoms in total. The molecule has 0 amide bonds. The number of nitrogens with zero attached hydrogens (tertiary/aromatic N) is 1. The molecule has 1 saturated heterocycles. The standard InChI is InChI=1S/C20H26N2O3S.C2HF3O2/c23-17(14-22-12-4-8-19(22)16-10-11-16)13-21-26(24,25)20-9-3-6-15-5-1-2-7-18(15)20;3-2(4,5)1(6)7/h1-3,5-7,9,16-17,19,21,23H,4,8,10-14H2;(H,6,7)/t17-,19?;/m0./s1. The lowest BCUT2D eigenvalue weighted by Crippen LogP contribution is -2.42. The molecular weight excluding hydrogens is 461 g/mol. The number of benzene rings is 2. The molecule has 0 radical (unpaired) electrons. The Labute approximate surface area is 190 Å².